The van der Waals surface area contributed by atoms with Gasteiger partial charge in [-0.3, -0.25) is 4.79 Å². The van der Waals surface area contributed by atoms with Crippen LogP contribution in [0.1, 0.15) is 52.9 Å². The molecule has 1 atom stereocenters. The summed E-state index contributed by atoms with van der Waals surface area (Å²) in [6, 6.07) is -0.250. The van der Waals surface area contributed by atoms with Gasteiger partial charge >= 0.3 is 5.97 Å². The Morgan fingerprint density at radius 2 is 2.00 bits per heavy atom. The first-order valence-electron chi connectivity index (χ1n) is 7.44. The highest BCUT2D eigenvalue weighted by Crippen LogP contribution is 2.36. The van der Waals surface area contributed by atoms with Crippen molar-refractivity contribution in [2.45, 2.75) is 65.0 Å². The number of rotatable bonds is 7. The van der Waals surface area contributed by atoms with Crippen molar-refractivity contribution in [3.05, 3.63) is 0 Å². The lowest BCUT2D eigenvalue weighted by Crippen LogP contribution is -2.37. The molecule has 0 heterocycles. The average Bonchev–Trinajstić information content (AvgIpc) is 2.36. The molecule has 112 valence electrons. The molecule has 1 fully saturated rings. The molecule has 0 aromatic heterocycles. The summed E-state index contributed by atoms with van der Waals surface area (Å²) in [5.41, 5.74) is 0.471. The van der Waals surface area contributed by atoms with Gasteiger partial charge < -0.3 is 14.8 Å². The van der Waals surface area contributed by atoms with Gasteiger partial charge in [-0.2, -0.15) is 0 Å². The van der Waals surface area contributed by atoms with E-state index in [1.54, 1.807) is 7.05 Å². The summed E-state index contributed by atoms with van der Waals surface area (Å²) in [7, 11) is 1.78. The molecule has 1 N–H and O–H groups in total. The first kappa shape index (κ1) is 16.4. The second-order valence-corrected chi connectivity index (χ2v) is 6.12. The molecule has 1 saturated carbocycles. The fraction of sp³-hybridized carbons (Fsp3) is 0.933. The molecule has 1 aliphatic rings. The van der Waals surface area contributed by atoms with Gasteiger partial charge in [0, 0.05) is 6.61 Å². The summed E-state index contributed by atoms with van der Waals surface area (Å²) in [5, 5.41) is 2.98. The highest BCUT2D eigenvalue weighted by Gasteiger charge is 2.27. The Bertz CT molecular complexity index is 269. The Morgan fingerprint density at radius 3 is 2.53 bits per heavy atom. The van der Waals surface area contributed by atoms with Crippen molar-refractivity contribution in [2.24, 2.45) is 5.41 Å². The Labute approximate surface area is 117 Å². The maximum atomic E-state index is 11.6. The minimum atomic E-state index is -0.250. The molecule has 4 nitrogen and oxygen atoms in total. The Kier molecular flexibility index (Phi) is 6.80. The van der Waals surface area contributed by atoms with Crippen molar-refractivity contribution < 1.29 is 14.3 Å². The van der Waals surface area contributed by atoms with E-state index in [-0.39, 0.29) is 12.0 Å². The summed E-state index contributed by atoms with van der Waals surface area (Å²) >= 11 is 0. The second kappa shape index (κ2) is 7.85. The van der Waals surface area contributed by atoms with Crippen molar-refractivity contribution in [2.75, 3.05) is 20.3 Å². The quantitative estimate of drug-likeness (QED) is 0.723. The molecule has 0 saturated heterocycles. The van der Waals surface area contributed by atoms with Gasteiger partial charge in [0.25, 0.3) is 0 Å². The van der Waals surface area contributed by atoms with Gasteiger partial charge in [-0.25, -0.2) is 0 Å². The third kappa shape index (κ3) is 5.91. The lowest BCUT2D eigenvalue weighted by atomic mass is 9.76. The molecule has 0 radical (unpaired) electrons. The Hall–Kier alpha value is -0.610. The van der Waals surface area contributed by atoms with Crippen LogP contribution in [-0.2, 0) is 14.3 Å². The van der Waals surface area contributed by atoms with Crippen LogP contribution in [-0.4, -0.2) is 38.4 Å². The zero-order chi connectivity index (χ0) is 14.3. The van der Waals surface area contributed by atoms with Crippen molar-refractivity contribution in [3.63, 3.8) is 0 Å². The Balaban J connectivity index is 2.20. The molecule has 0 spiro atoms. The highest BCUT2D eigenvalue weighted by molar-refractivity contribution is 5.75. The number of carbonyl (C=O) groups is 1. The van der Waals surface area contributed by atoms with Crippen LogP contribution in [0.3, 0.4) is 0 Å². The van der Waals surface area contributed by atoms with Gasteiger partial charge in [0.2, 0.25) is 0 Å². The zero-order valence-electron chi connectivity index (χ0n) is 12.8. The topological polar surface area (TPSA) is 47.6 Å². The van der Waals surface area contributed by atoms with Crippen LogP contribution in [0.2, 0.25) is 0 Å². The van der Waals surface area contributed by atoms with Crippen LogP contribution in [0, 0.1) is 5.41 Å². The van der Waals surface area contributed by atoms with E-state index in [1.807, 2.05) is 6.92 Å². The molecule has 1 rings (SSSR count). The number of hydrogen-bond donors (Lipinski definition) is 1. The molecule has 0 aliphatic heterocycles. The first-order valence-corrected chi connectivity index (χ1v) is 7.44. The van der Waals surface area contributed by atoms with E-state index in [1.165, 1.54) is 12.8 Å². The molecule has 0 amide bonds. The molecule has 0 aromatic carbocycles. The van der Waals surface area contributed by atoms with Crippen LogP contribution in [0.5, 0.6) is 0 Å². The standard InChI is InChI=1S/C15H29NO3/c1-5-18-14(17)13(16-4)8-11-19-12-6-9-15(2,3)10-7-12/h12-13,16H,5-11H2,1-4H3. The van der Waals surface area contributed by atoms with E-state index in [4.69, 9.17) is 9.47 Å². The maximum Gasteiger partial charge on any atom is 0.323 e. The SMILES string of the molecule is CCOC(=O)C(CCOC1CCC(C)(C)CC1)NC. The number of ether oxygens (including phenoxy) is 2. The third-order valence-corrected chi connectivity index (χ3v) is 3.97. The van der Waals surface area contributed by atoms with E-state index >= 15 is 0 Å². The number of hydrogen-bond acceptors (Lipinski definition) is 4. The van der Waals surface area contributed by atoms with Crippen LogP contribution in [0.4, 0.5) is 0 Å². The predicted molar refractivity (Wildman–Crippen MR) is 76.1 cm³/mol. The minimum absolute atomic E-state index is 0.182. The summed E-state index contributed by atoms with van der Waals surface area (Å²) in [4.78, 5) is 11.6. The molecular formula is C15H29NO3. The van der Waals surface area contributed by atoms with Crippen molar-refractivity contribution in [1.29, 1.82) is 0 Å². The fourth-order valence-electron chi connectivity index (χ4n) is 2.51. The van der Waals surface area contributed by atoms with Crippen LogP contribution >= 0.6 is 0 Å². The molecular weight excluding hydrogens is 242 g/mol. The normalized spacial score (nSPS) is 21.1. The molecule has 19 heavy (non-hydrogen) atoms. The molecule has 0 bridgehead atoms. The highest BCUT2D eigenvalue weighted by atomic mass is 16.5. The minimum Gasteiger partial charge on any atom is -0.465 e. The predicted octanol–water partition coefficient (Wildman–Crippen LogP) is 2.51. The molecule has 1 aliphatic carbocycles. The van der Waals surface area contributed by atoms with Gasteiger partial charge in [0.1, 0.15) is 6.04 Å². The zero-order valence-corrected chi connectivity index (χ0v) is 12.8. The number of carbonyl (C=O) groups excluding carboxylic acids is 1. The van der Waals surface area contributed by atoms with E-state index in [0.717, 1.165) is 12.8 Å². The van der Waals surface area contributed by atoms with E-state index in [0.29, 0.717) is 31.2 Å². The molecule has 1 unspecified atom stereocenters. The van der Waals surface area contributed by atoms with Gasteiger partial charge in [0.05, 0.1) is 12.7 Å². The van der Waals surface area contributed by atoms with Crippen LogP contribution in [0.15, 0.2) is 0 Å². The van der Waals surface area contributed by atoms with Gasteiger partial charge in [-0.15, -0.1) is 0 Å². The smallest absolute Gasteiger partial charge is 0.323 e. The summed E-state index contributed by atoms with van der Waals surface area (Å²) in [5.74, 6) is -0.182. The van der Waals surface area contributed by atoms with E-state index < -0.39 is 0 Å². The monoisotopic (exact) mass is 271 g/mol. The average molecular weight is 271 g/mol. The molecule has 4 heteroatoms. The number of nitrogens with one attached hydrogen (secondary N) is 1. The van der Waals surface area contributed by atoms with E-state index in [2.05, 4.69) is 19.2 Å². The fourth-order valence-corrected chi connectivity index (χ4v) is 2.51. The van der Waals surface area contributed by atoms with Crippen molar-refractivity contribution in [1.82, 2.24) is 5.32 Å². The largest absolute Gasteiger partial charge is 0.465 e. The van der Waals surface area contributed by atoms with Crippen LogP contribution < -0.4 is 5.32 Å². The second-order valence-electron chi connectivity index (χ2n) is 6.12. The van der Waals surface area contributed by atoms with Crippen molar-refractivity contribution >= 4 is 5.97 Å². The van der Waals surface area contributed by atoms with E-state index in [9.17, 15) is 4.79 Å². The number of likely N-dealkylation sites (N-methyl/N-ethyl adjacent to an activating group) is 1. The molecule has 0 aromatic rings. The van der Waals surface area contributed by atoms with Gasteiger partial charge in [-0.05, 0) is 51.5 Å². The third-order valence-electron chi connectivity index (χ3n) is 3.97. The first-order chi connectivity index (χ1) is 8.98. The summed E-state index contributed by atoms with van der Waals surface area (Å²) in [6.45, 7) is 7.51. The lowest BCUT2D eigenvalue weighted by molar-refractivity contribution is -0.146. The number of esters is 1. The Morgan fingerprint density at radius 1 is 1.37 bits per heavy atom. The van der Waals surface area contributed by atoms with Crippen molar-refractivity contribution in [3.8, 4) is 0 Å². The van der Waals surface area contributed by atoms with Gasteiger partial charge in [0.15, 0.2) is 0 Å². The van der Waals surface area contributed by atoms with Gasteiger partial charge in [-0.1, -0.05) is 13.8 Å². The maximum absolute atomic E-state index is 11.6. The summed E-state index contributed by atoms with van der Waals surface area (Å²) in [6.07, 6.45) is 5.77. The van der Waals surface area contributed by atoms with Crippen LogP contribution in [0.25, 0.3) is 0 Å². The summed E-state index contributed by atoms with van der Waals surface area (Å²) < 4.78 is 10.9. The lowest BCUT2D eigenvalue weighted by Gasteiger charge is -2.34.